The van der Waals surface area contributed by atoms with E-state index in [4.69, 9.17) is 0 Å². The van der Waals surface area contributed by atoms with E-state index in [0.717, 1.165) is 31.7 Å². The molecule has 1 aromatic heterocycles. The number of nitrogens with one attached hydrogen (secondary N) is 2. The zero-order valence-electron chi connectivity index (χ0n) is 14.2. The van der Waals surface area contributed by atoms with Gasteiger partial charge in [-0.3, -0.25) is 4.79 Å². The van der Waals surface area contributed by atoms with Crippen LogP contribution in [0.2, 0.25) is 0 Å². The van der Waals surface area contributed by atoms with E-state index in [1.807, 2.05) is 30.3 Å². The number of pyridine rings is 1. The van der Waals surface area contributed by atoms with E-state index >= 15 is 0 Å². The minimum absolute atomic E-state index is 0.290. The summed E-state index contributed by atoms with van der Waals surface area (Å²) in [4.78, 5) is 19.1. The summed E-state index contributed by atoms with van der Waals surface area (Å²) in [6.07, 6.45) is 1.99. The number of carbonyl (C=O) groups excluding carboxylic acids is 1. The second kappa shape index (κ2) is 8.60. The van der Waals surface area contributed by atoms with Gasteiger partial charge in [-0.15, -0.1) is 0 Å². The van der Waals surface area contributed by atoms with Gasteiger partial charge in [0.05, 0.1) is 5.56 Å². The van der Waals surface area contributed by atoms with Crippen LogP contribution in [0.4, 0.5) is 5.82 Å². The van der Waals surface area contributed by atoms with Gasteiger partial charge in [-0.05, 0) is 30.5 Å². The first-order valence-corrected chi connectivity index (χ1v) is 8.67. The number of hydrogen-bond donors (Lipinski definition) is 3. The topological polar surface area (TPSA) is 77.5 Å². The highest BCUT2D eigenvalue weighted by Crippen LogP contribution is 2.18. The smallest absolute Gasteiger partial charge is 0.257 e. The number of carbonyl (C=O) groups is 1. The summed E-state index contributed by atoms with van der Waals surface area (Å²) in [7, 11) is 0. The van der Waals surface area contributed by atoms with Crippen LogP contribution in [0.3, 0.4) is 0 Å². The van der Waals surface area contributed by atoms with Crippen LogP contribution in [-0.4, -0.2) is 48.4 Å². The van der Waals surface area contributed by atoms with Gasteiger partial charge in [-0.25, -0.2) is 4.98 Å². The van der Waals surface area contributed by atoms with Crippen molar-refractivity contribution in [1.82, 2.24) is 15.6 Å². The van der Waals surface area contributed by atoms with Gasteiger partial charge >= 0.3 is 0 Å². The molecule has 1 unspecified atom stereocenters. The zero-order valence-corrected chi connectivity index (χ0v) is 14.2. The molecule has 1 amide bonds. The fourth-order valence-electron chi connectivity index (χ4n) is 2.95. The first-order chi connectivity index (χ1) is 12.2. The zero-order chi connectivity index (χ0) is 17.5. The highest BCUT2D eigenvalue weighted by molar-refractivity contribution is 5.99. The number of aliphatic hydroxyl groups is 1. The third-order valence-corrected chi connectivity index (χ3v) is 4.29. The lowest BCUT2D eigenvalue weighted by Crippen LogP contribution is -2.45. The van der Waals surface area contributed by atoms with E-state index < -0.39 is 6.23 Å². The second-order valence-corrected chi connectivity index (χ2v) is 6.13. The lowest BCUT2D eigenvalue weighted by molar-refractivity contribution is 0.0766. The highest BCUT2D eigenvalue weighted by Gasteiger charge is 2.20. The van der Waals surface area contributed by atoms with Crippen LogP contribution in [-0.2, 0) is 6.42 Å². The van der Waals surface area contributed by atoms with Gasteiger partial charge in [-0.1, -0.05) is 30.3 Å². The van der Waals surface area contributed by atoms with Crippen LogP contribution in [0.5, 0.6) is 0 Å². The quantitative estimate of drug-likeness (QED) is 0.688. The molecule has 1 atom stereocenters. The normalized spacial score (nSPS) is 15.6. The third-order valence-electron chi connectivity index (χ3n) is 4.29. The number of amides is 1. The van der Waals surface area contributed by atoms with Crippen molar-refractivity contribution in [2.45, 2.75) is 19.1 Å². The number of nitrogens with zero attached hydrogens (tertiary/aromatic N) is 2. The Kier molecular flexibility index (Phi) is 5.98. The molecular weight excluding hydrogens is 316 g/mol. The van der Waals surface area contributed by atoms with Gasteiger partial charge in [0.1, 0.15) is 12.0 Å². The number of aromatic nitrogens is 1. The Hall–Kier alpha value is -2.44. The molecule has 2 heterocycles. The first-order valence-electron chi connectivity index (χ1n) is 8.67. The van der Waals surface area contributed by atoms with Crippen molar-refractivity contribution < 1.29 is 9.90 Å². The summed E-state index contributed by atoms with van der Waals surface area (Å²) < 4.78 is 0. The molecule has 0 saturated carbocycles. The monoisotopic (exact) mass is 340 g/mol. The van der Waals surface area contributed by atoms with Gasteiger partial charge in [0.25, 0.3) is 5.91 Å². The number of aliphatic hydroxyl groups excluding tert-OH is 1. The van der Waals surface area contributed by atoms with Crippen molar-refractivity contribution >= 4 is 11.7 Å². The average Bonchev–Trinajstić information content (AvgIpc) is 2.68. The van der Waals surface area contributed by atoms with Gasteiger partial charge in [0.15, 0.2) is 0 Å². The number of piperazine rings is 1. The van der Waals surface area contributed by atoms with Crippen molar-refractivity contribution in [3.63, 3.8) is 0 Å². The van der Waals surface area contributed by atoms with Crippen LogP contribution in [0.25, 0.3) is 0 Å². The van der Waals surface area contributed by atoms with E-state index in [1.54, 1.807) is 18.3 Å². The van der Waals surface area contributed by atoms with Crippen LogP contribution in [0, 0.1) is 0 Å². The van der Waals surface area contributed by atoms with E-state index in [1.165, 1.54) is 0 Å². The maximum atomic E-state index is 12.6. The Morgan fingerprint density at radius 1 is 1.20 bits per heavy atom. The summed E-state index contributed by atoms with van der Waals surface area (Å²) in [6, 6.07) is 13.4. The Balaban J connectivity index is 1.60. The predicted molar refractivity (Wildman–Crippen MR) is 97.6 cm³/mol. The molecule has 132 valence electrons. The lowest BCUT2D eigenvalue weighted by atomic mass is 10.1. The molecule has 1 aliphatic heterocycles. The maximum Gasteiger partial charge on any atom is 0.257 e. The fraction of sp³-hybridized carbons (Fsp3) is 0.368. The van der Waals surface area contributed by atoms with Crippen molar-refractivity contribution in [3.05, 3.63) is 59.8 Å². The Morgan fingerprint density at radius 2 is 1.96 bits per heavy atom. The molecule has 6 heteroatoms. The van der Waals surface area contributed by atoms with Gasteiger partial charge in [0, 0.05) is 32.4 Å². The van der Waals surface area contributed by atoms with Crippen molar-refractivity contribution in [2.75, 3.05) is 31.1 Å². The van der Waals surface area contributed by atoms with E-state index in [2.05, 4.69) is 20.5 Å². The van der Waals surface area contributed by atoms with Crippen LogP contribution in [0.1, 0.15) is 22.3 Å². The molecule has 25 heavy (non-hydrogen) atoms. The van der Waals surface area contributed by atoms with Crippen LogP contribution >= 0.6 is 0 Å². The largest absolute Gasteiger partial charge is 0.374 e. The van der Waals surface area contributed by atoms with E-state index in [-0.39, 0.29) is 5.91 Å². The van der Waals surface area contributed by atoms with Gasteiger partial charge in [0.2, 0.25) is 0 Å². The lowest BCUT2D eigenvalue weighted by Gasteiger charge is -2.29. The molecule has 1 fully saturated rings. The number of rotatable bonds is 6. The van der Waals surface area contributed by atoms with Gasteiger partial charge in [-0.2, -0.15) is 0 Å². The molecule has 0 spiro atoms. The Bertz CT molecular complexity index is 687. The van der Waals surface area contributed by atoms with Gasteiger partial charge < -0.3 is 20.6 Å². The molecule has 3 N–H and O–H groups in total. The molecule has 3 rings (SSSR count). The van der Waals surface area contributed by atoms with Crippen molar-refractivity contribution in [2.24, 2.45) is 0 Å². The van der Waals surface area contributed by atoms with E-state index in [0.29, 0.717) is 24.2 Å². The predicted octanol–water partition coefficient (Wildman–Crippen LogP) is 1.17. The number of anilines is 1. The first kappa shape index (κ1) is 17.4. The van der Waals surface area contributed by atoms with Crippen LogP contribution < -0.4 is 15.5 Å². The molecule has 1 aliphatic rings. The molecule has 0 bridgehead atoms. The minimum Gasteiger partial charge on any atom is -0.374 e. The fourth-order valence-corrected chi connectivity index (χ4v) is 2.95. The van der Waals surface area contributed by atoms with Crippen LogP contribution in [0.15, 0.2) is 48.7 Å². The molecule has 1 saturated heterocycles. The Morgan fingerprint density at radius 3 is 2.72 bits per heavy atom. The summed E-state index contributed by atoms with van der Waals surface area (Å²) >= 11 is 0. The average molecular weight is 340 g/mol. The molecule has 0 aliphatic carbocycles. The maximum absolute atomic E-state index is 12.6. The minimum atomic E-state index is -0.885. The summed E-state index contributed by atoms with van der Waals surface area (Å²) in [6.45, 7) is 3.37. The molecular formula is C19H24N4O2. The molecule has 0 radical (unpaired) electrons. The standard InChI is InChI=1S/C19H24N4O2/c24-17(9-8-15-5-2-1-3-6-15)22-19(25)16-7-4-10-21-18(16)23-13-11-20-12-14-23/h1-7,10,17,20,24H,8-9,11-14H2,(H,22,25). The number of aryl methyl sites for hydroxylation is 1. The second-order valence-electron chi connectivity index (χ2n) is 6.13. The number of hydrogen-bond acceptors (Lipinski definition) is 5. The van der Waals surface area contributed by atoms with Crippen molar-refractivity contribution in [1.29, 1.82) is 0 Å². The third kappa shape index (κ3) is 4.78. The SMILES string of the molecule is O=C(NC(O)CCc1ccccc1)c1cccnc1N1CCNCC1. The summed E-state index contributed by atoms with van der Waals surface area (Å²) in [5, 5.41) is 16.1. The molecule has 6 nitrogen and oxygen atoms in total. The Labute approximate surface area is 147 Å². The summed E-state index contributed by atoms with van der Waals surface area (Å²) in [5.74, 6) is 0.388. The van der Waals surface area contributed by atoms with Crippen molar-refractivity contribution in [3.8, 4) is 0 Å². The molecule has 1 aromatic carbocycles. The number of benzene rings is 1. The highest BCUT2D eigenvalue weighted by atomic mass is 16.3. The summed E-state index contributed by atoms with van der Waals surface area (Å²) in [5.41, 5.74) is 1.64. The molecule has 2 aromatic rings. The van der Waals surface area contributed by atoms with E-state index in [9.17, 15) is 9.90 Å².